The van der Waals surface area contributed by atoms with E-state index in [9.17, 15) is 18.3 Å². The minimum Gasteiger partial charge on any atom is -0.383 e. The molecule has 2 heterocycles. The average Bonchev–Trinajstić information content (AvgIpc) is 3.22. The molecule has 2 aromatic carbocycles. The molecule has 0 unspecified atom stereocenters. The molecule has 0 radical (unpaired) electrons. The number of halogens is 3. The van der Waals surface area contributed by atoms with E-state index >= 15 is 0 Å². The molecule has 4 aromatic rings. The molecule has 0 aliphatic heterocycles. The molecule has 3 N–H and O–H groups in total. The number of hydrogen-bond donors (Lipinski definition) is 2. The summed E-state index contributed by atoms with van der Waals surface area (Å²) in [5, 5.41) is 14.7. The first-order valence-corrected chi connectivity index (χ1v) is 9.11. The van der Waals surface area contributed by atoms with E-state index in [1.165, 1.54) is 11.6 Å². The lowest BCUT2D eigenvalue weighted by Gasteiger charge is -2.28. The lowest BCUT2D eigenvalue weighted by molar-refractivity contribution is -0.248. The molecule has 0 saturated carbocycles. The van der Waals surface area contributed by atoms with E-state index in [0.717, 1.165) is 11.3 Å². The Hall–Kier alpha value is -2.91. The van der Waals surface area contributed by atoms with Crippen LogP contribution in [0.5, 0.6) is 0 Å². The highest BCUT2D eigenvalue weighted by Crippen LogP contribution is 2.49. The van der Waals surface area contributed by atoms with Crippen LogP contribution in [0.4, 0.5) is 19.0 Å². The molecule has 144 valence electrons. The van der Waals surface area contributed by atoms with Crippen molar-refractivity contribution >= 4 is 27.4 Å². The van der Waals surface area contributed by atoms with Crippen molar-refractivity contribution < 1.29 is 18.3 Å². The largest absolute Gasteiger partial charge is 0.428 e. The summed E-state index contributed by atoms with van der Waals surface area (Å²) in [6.07, 6.45) is -5.05. The summed E-state index contributed by atoms with van der Waals surface area (Å²) in [6, 6.07) is 15.1. The van der Waals surface area contributed by atoms with E-state index in [1.807, 2.05) is 0 Å². The number of aryl methyl sites for hydroxylation is 1. The van der Waals surface area contributed by atoms with Crippen LogP contribution in [0.3, 0.4) is 0 Å². The predicted molar refractivity (Wildman–Crippen MR) is 101 cm³/mol. The number of aliphatic hydroxyl groups is 1. The van der Waals surface area contributed by atoms with Crippen molar-refractivity contribution in [3.05, 3.63) is 70.9 Å². The second kappa shape index (κ2) is 6.32. The Morgan fingerprint density at radius 3 is 2.32 bits per heavy atom. The van der Waals surface area contributed by atoms with Crippen molar-refractivity contribution in [2.24, 2.45) is 0 Å². The Morgan fingerprint density at radius 1 is 1.04 bits per heavy atom. The van der Waals surface area contributed by atoms with Gasteiger partial charge >= 0.3 is 6.18 Å². The van der Waals surface area contributed by atoms with Crippen molar-refractivity contribution in [3.8, 4) is 5.69 Å². The fourth-order valence-corrected chi connectivity index (χ4v) is 4.24. The Labute approximate surface area is 161 Å². The number of benzene rings is 2. The lowest BCUT2D eigenvalue weighted by atomic mass is 9.93. The molecule has 0 bridgehead atoms. The zero-order chi connectivity index (χ0) is 20.1. The van der Waals surface area contributed by atoms with Crippen molar-refractivity contribution in [1.29, 1.82) is 0 Å². The summed E-state index contributed by atoms with van der Waals surface area (Å²) in [7, 11) is 0. The Bertz CT molecular complexity index is 1120. The van der Waals surface area contributed by atoms with Gasteiger partial charge in [0.15, 0.2) is 0 Å². The maximum Gasteiger partial charge on any atom is 0.428 e. The fourth-order valence-electron chi connectivity index (χ4n) is 3.16. The first-order valence-electron chi connectivity index (χ1n) is 8.29. The normalized spacial score (nSPS) is 14.3. The molecular formula is C19H15F3N4OS. The van der Waals surface area contributed by atoms with Gasteiger partial charge in [0.1, 0.15) is 10.8 Å². The van der Waals surface area contributed by atoms with Gasteiger partial charge in [-0.05, 0) is 31.2 Å². The number of nitrogen functional groups attached to an aromatic ring is 1. The first-order chi connectivity index (χ1) is 13.2. The highest BCUT2D eigenvalue weighted by Gasteiger charge is 2.61. The molecule has 0 aliphatic rings. The highest BCUT2D eigenvalue weighted by molar-refractivity contribution is 7.18. The van der Waals surface area contributed by atoms with Gasteiger partial charge in [-0.3, -0.25) is 0 Å². The SMILES string of the molecule is Cc1nn(-c2ccccc2)c(N)c1[C@](O)(c1nc2ccccc2s1)C(F)(F)F. The summed E-state index contributed by atoms with van der Waals surface area (Å²) in [4.78, 5) is 4.05. The summed E-state index contributed by atoms with van der Waals surface area (Å²) >= 11 is 0.775. The third-order valence-electron chi connectivity index (χ3n) is 4.47. The van der Waals surface area contributed by atoms with Crippen LogP contribution in [0, 0.1) is 6.92 Å². The van der Waals surface area contributed by atoms with Crippen molar-refractivity contribution in [3.63, 3.8) is 0 Å². The van der Waals surface area contributed by atoms with Crippen LogP contribution in [-0.2, 0) is 5.60 Å². The maximum atomic E-state index is 14.2. The second-order valence-corrected chi connectivity index (χ2v) is 7.32. The Morgan fingerprint density at radius 2 is 1.68 bits per heavy atom. The summed E-state index contributed by atoms with van der Waals surface area (Å²) in [5.74, 6) is -0.289. The molecule has 2 aromatic heterocycles. The van der Waals surface area contributed by atoms with Crippen LogP contribution in [0.1, 0.15) is 16.3 Å². The quantitative estimate of drug-likeness (QED) is 0.537. The maximum absolute atomic E-state index is 14.2. The number of fused-ring (bicyclic) bond motifs is 1. The van der Waals surface area contributed by atoms with Gasteiger partial charge in [-0.25, -0.2) is 9.67 Å². The first kappa shape index (κ1) is 18.5. The van der Waals surface area contributed by atoms with Crippen LogP contribution in [0.15, 0.2) is 54.6 Å². The third kappa shape index (κ3) is 2.66. The van der Waals surface area contributed by atoms with E-state index in [2.05, 4.69) is 10.1 Å². The van der Waals surface area contributed by atoms with Gasteiger partial charge in [0, 0.05) is 0 Å². The minimum absolute atomic E-state index is 0.0274. The second-order valence-electron chi connectivity index (χ2n) is 6.29. The number of thiazole rings is 1. The fraction of sp³-hybridized carbons (Fsp3) is 0.158. The molecule has 28 heavy (non-hydrogen) atoms. The molecular weight excluding hydrogens is 389 g/mol. The van der Waals surface area contributed by atoms with E-state index in [0.29, 0.717) is 15.9 Å². The molecule has 0 fully saturated rings. The minimum atomic E-state index is -5.05. The molecule has 0 spiro atoms. The molecule has 4 rings (SSSR count). The van der Waals surface area contributed by atoms with Crippen molar-refractivity contribution in [1.82, 2.24) is 14.8 Å². The number of anilines is 1. The van der Waals surface area contributed by atoms with E-state index < -0.39 is 22.3 Å². The summed E-state index contributed by atoms with van der Waals surface area (Å²) in [5.41, 5.74) is 3.01. The van der Waals surface area contributed by atoms with Gasteiger partial charge in [-0.1, -0.05) is 30.3 Å². The van der Waals surface area contributed by atoms with Gasteiger partial charge in [0.25, 0.3) is 0 Å². The van der Waals surface area contributed by atoms with E-state index in [-0.39, 0.29) is 11.5 Å². The number of rotatable bonds is 3. The van der Waals surface area contributed by atoms with Crippen molar-refractivity contribution in [2.45, 2.75) is 18.7 Å². The highest BCUT2D eigenvalue weighted by atomic mass is 32.1. The van der Waals surface area contributed by atoms with Gasteiger partial charge in [0.05, 0.1) is 27.2 Å². The molecule has 1 atom stereocenters. The summed E-state index contributed by atoms with van der Waals surface area (Å²) in [6.45, 7) is 1.38. The number of alkyl halides is 3. The van der Waals surface area contributed by atoms with Crippen LogP contribution in [0.2, 0.25) is 0 Å². The molecule has 5 nitrogen and oxygen atoms in total. The van der Waals surface area contributed by atoms with Crippen LogP contribution >= 0.6 is 11.3 Å². The van der Waals surface area contributed by atoms with Crippen LogP contribution in [-0.4, -0.2) is 26.0 Å². The topological polar surface area (TPSA) is 77.0 Å². The predicted octanol–water partition coefficient (Wildman–Crippen LogP) is 4.17. The van der Waals surface area contributed by atoms with Gasteiger partial charge in [-0.15, -0.1) is 11.3 Å². The number of para-hydroxylation sites is 2. The lowest BCUT2D eigenvalue weighted by Crippen LogP contribution is -2.44. The van der Waals surface area contributed by atoms with Gasteiger partial charge in [-0.2, -0.15) is 18.3 Å². The zero-order valence-electron chi connectivity index (χ0n) is 14.6. The Kier molecular flexibility index (Phi) is 4.16. The number of hydrogen-bond acceptors (Lipinski definition) is 5. The number of nitrogens with two attached hydrogens (primary N) is 1. The molecule has 0 aliphatic carbocycles. The van der Waals surface area contributed by atoms with E-state index in [1.54, 1.807) is 54.6 Å². The summed E-state index contributed by atoms with van der Waals surface area (Å²) < 4.78 is 44.3. The molecule has 0 amide bonds. The van der Waals surface area contributed by atoms with E-state index in [4.69, 9.17) is 5.73 Å². The smallest absolute Gasteiger partial charge is 0.383 e. The zero-order valence-corrected chi connectivity index (χ0v) is 15.4. The Balaban J connectivity index is 1.98. The molecule has 9 heteroatoms. The standard InChI is InChI=1S/C19H15F3N4OS/c1-11-15(16(23)26(25-11)12-7-3-2-4-8-12)18(27,19(20,21)22)17-24-13-9-5-6-10-14(13)28-17/h2-10,27H,23H2,1H3/t18-/m0/s1. The van der Waals surface area contributed by atoms with Gasteiger partial charge in [0.2, 0.25) is 5.60 Å². The van der Waals surface area contributed by atoms with Gasteiger partial charge < -0.3 is 10.8 Å². The monoisotopic (exact) mass is 404 g/mol. The van der Waals surface area contributed by atoms with Crippen LogP contribution < -0.4 is 5.73 Å². The van der Waals surface area contributed by atoms with Crippen LogP contribution in [0.25, 0.3) is 15.9 Å². The average molecular weight is 404 g/mol. The number of aromatic nitrogens is 3. The third-order valence-corrected chi connectivity index (χ3v) is 5.62. The number of nitrogens with zero attached hydrogens (tertiary/aromatic N) is 3. The van der Waals surface area contributed by atoms with Crippen molar-refractivity contribution in [2.75, 3.05) is 5.73 Å². The molecule has 0 saturated heterocycles.